The maximum atomic E-state index is 12.4. The molecule has 5 nitrogen and oxygen atoms in total. The number of aromatic amines is 1. The second kappa shape index (κ2) is 7.16. The van der Waals surface area contributed by atoms with Gasteiger partial charge in [-0.1, -0.05) is 24.3 Å². The lowest BCUT2D eigenvalue weighted by Gasteiger charge is -2.39. The number of hydrogen-bond acceptors (Lipinski definition) is 4. The van der Waals surface area contributed by atoms with Gasteiger partial charge < -0.3 is 9.88 Å². The van der Waals surface area contributed by atoms with Gasteiger partial charge in [0, 0.05) is 31.9 Å². The van der Waals surface area contributed by atoms with Gasteiger partial charge in [-0.15, -0.1) is 0 Å². The monoisotopic (exact) mass is 362 g/mol. The lowest BCUT2D eigenvalue weighted by atomic mass is 10.1. The number of H-pyrrole nitrogens is 1. The van der Waals surface area contributed by atoms with Gasteiger partial charge in [0.1, 0.15) is 5.82 Å². The van der Waals surface area contributed by atoms with Crippen LogP contribution in [0.4, 0.5) is 5.69 Å². The van der Waals surface area contributed by atoms with Crippen LogP contribution >= 0.6 is 0 Å². The predicted octanol–water partition coefficient (Wildman–Crippen LogP) is 3.42. The fourth-order valence-electron chi connectivity index (χ4n) is 3.90. The zero-order valence-corrected chi connectivity index (χ0v) is 16.2. The number of aryl methyl sites for hydroxylation is 1. The summed E-state index contributed by atoms with van der Waals surface area (Å²) in [5.74, 6) is 0.749. The van der Waals surface area contributed by atoms with Gasteiger partial charge in [-0.25, -0.2) is 4.98 Å². The van der Waals surface area contributed by atoms with Gasteiger partial charge in [0.2, 0.25) is 0 Å². The minimum atomic E-state index is -0.0588. The summed E-state index contributed by atoms with van der Waals surface area (Å²) in [6.07, 6.45) is 0. The molecule has 0 amide bonds. The number of para-hydroxylation sites is 1. The van der Waals surface area contributed by atoms with E-state index in [1.54, 1.807) is 0 Å². The van der Waals surface area contributed by atoms with E-state index in [1.165, 1.54) is 16.8 Å². The van der Waals surface area contributed by atoms with E-state index in [9.17, 15) is 4.79 Å². The molecule has 1 aliphatic heterocycles. The highest BCUT2D eigenvalue weighted by Gasteiger charge is 2.24. The molecule has 1 aliphatic rings. The topological polar surface area (TPSA) is 52.2 Å². The van der Waals surface area contributed by atoms with Crippen molar-refractivity contribution in [2.24, 2.45) is 0 Å². The number of nitrogens with zero attached hydrogens (tertiary/aromatic N) is 3. The molecule has 0 unspecified atom stereocenters. The van der Waals surface area contributed by atoms with E-state index in [0.29, 0.717) is 5.39 Å². The summed E-state index contributed by atoms with van der Waals surface area (Å²) in [7, 11) is 0. The molecule has 0 radical (unpaired) electrons. The first-order valence-electron chi connectivity index (χ1n) is 9.59. The third kappa shape index (κ3) is 3.35. The van der Waals surface area contributed by atoms with E-state index >= 15 is 0 Å². The van der Waals surface area contributed by atoms with Gasteiger partial charge in [-0.05, 0) is 50.1 Å². The van der Waals surface area contributed by atoms with Crippen LogP contribution in [0.25, 0.3) is 10.9 Å². The van der Waals surface area contributed by atoms with Crippen molar-refractivity contribution >= 4 is 16.6 Å². The van der Waals surface area contributed by atoms with E-state index in [4.69, 9.17) is 4.98 Å². The van der Waals surface area contributed by atoms with Crippen molar-refractivity contribution in [2.75, 3.05) is 31.1 Å². The maximum absolute atomic E-state index is 12.4. The van der Waals surface area contributed by atoms with Crippen molar-refractivity contribution < 1.29 is 0 Å². The zero-order valence-electron chi connectivity index (χ0n) is 16.2. The molecule has 1 saturated heterocycles. The summed E-state index contributed by atoms with van der Waals surface area (Å²) in [6, 6.07) is 14.1. The summed E-state index contributed by atoms with van der Waals surface area (Å²) in [6.45, 7) is 10.3. The van der Waals surface area contributed by atoms with Crippen molar-refractivity contribution in [2.45, 2.75) is 26.8 Å². The van der Waals surface area contributed by atoms with Crippen LogP contribution in [0.3, 0.4) is 0 Å². The average molecular weight is 362 g/mol. The second-order valence-corrected chi connectivity index (χ2v) is 7.39. The highest BCUT2D eigenvalue weighted by Crippen LogP contribution is 2.26. The number of rotatable bonds is 3. The Morgan fingerprint density at radius 3 is 2.52 bits per heavy atom. The zero-order chi connectivity index (χ0) is 19.0. The Kier molecular flexibility index (Phi) is 4.70. The molecular weight excluding hydrogens is 336 g/mol. The van der Waals surface area contributed by atoms with E-state index in [0.717, 1.165) is 37.5 Å². The third-order valence-electron chi connectivity index (χ3n) is 5.81. The molecule has 1 N–H and O–H groups in total. The van der Waals surface area contributed by atoms with Crippen molar-refractivity contribution in [3.05, 3.63) is 69.8 Å². The van der Waals surface area contributed by atoms with Crippen molar-refractivity contribution in [3.8, 4) is 0 Å². The minimum absolute atomic E-state index is 0.0588. The normalized spacial score (nSPS) is 16.6. The summed E-state index contributed by atoms with van der Waals surface area (Å²) in [4.78, 5) is 24.9. The van der Waals surface area contributed by atoms with Gasteiger partial charge in [-0.3, -0.25) is 9.69 Å². The molecule has 2 aromatic carbocycles. The number of piperazine rings is 1. The van der Waals surface area contributed by atoms with Crippen LogP contribution in [0.2, 0.25) is 0 Å². The molecule has 0 saturated carbocycles. The molecule has 0 bridgehead atoms. The Morgan fingerprint density at radius 2 is 1.74 bits per heavy atom. The van der Waals surface area contributed by atoms with Crippen molar-refractivity contribution in [3.63, 3.8) is 0 Å². The Balaban J connectivity index is 1.51. The van der Waals surface area contributed by atoms with Gasteiger partial charge >= 0.3 is 0 Å². The van der Waals surface area contributed by atoms with Gasteiger partial charge in [0.15, 0.2) is 0 Å². The predicted molar refractivity (Wildman–Crippen MR) is 110 cm³/mol. The molecule has 1 atom stereocenters. The third-order valence-corrected chi connectivity index (χ3v) is 5.81. The second-order valence-electron chi connectivity index (χ2n) is 7.39. The van der Waals surface area contributed by atoms with Gasteiger partial charge in [0.05, 0.1) is 16.9 Å². The quantitative estimate of drug-likeness (QED) is 0.776. The Hall–Kier alpha value is -2.66. The summed E-state index contributed by atoms with van der Waals surface area (Å²) in [5.41, 5.74) is 4.73. The van der Waals surface area contributed by atoms with Crippen LogP contribution in [0.5, 0.6) is 0 Å². The molecular formula is C22H26N4O. The van der Waals surface area contributed by atoms with Gasteiger partial charge in [0.25, 0.3) is 5.56 Å². The fourth-order valence-corrected chi connectivity index (χ4v) is 3.90. The number of fused-ring (bicyclic) bond motifs is 1. The molecule has 140 valence electrons. The number of nitrogens with one attached hydrogen (secondary N) is 1. The molecule has 4 rings (SSSR count). The smallest absolute Gasteiger partial charge is 0.258 e. The first kappa shape index (κ1) is 17.7. The standard InChI is InChI=1S/C22H26N4O/c1-15-7-6-10-20(16(15)2)26-13-11-25(12-14-26)17(3)21-23-19-9-5-4-8-18(19)22(27)24-21/h4-10,17H,11-14H2,1-3H3,(H,23,24,27)/t17-/m0/s1. The van der Waals surface area contributed by atoms with Crippen LogP contribution < -0.4 is 10.5 Å². The maximum Gasteiger partial charge on any atom is 0.258 e. The lowest BCUT2D eigenvalue weighted by molar-refractivity contribution is 0.191. The van der Waals surface area contributed by atoms with E-state index in [1.807, 2.05) is 24.3 Å². The van der Waals surface area contributed by atoms with Crippen LogP contribution in [0.15, 0.2) is 47.3 Å². The number of benzene rings is 2. The lowest BCUT2D eigenvalue weighted by Crippen LogP contribution is -2.47. The first-order chi connectivity index (χ1) is 13.0. The highest BCUT2D eigenvalue weighted by atomic mass is 16.1. The molecule has 1 aromatic heterocycles. The highest BCUT2D eigenvalue weighted by molar-refractivity contribution is 5.77. The first-order valence-corrected chi connectivity index (χ1v) is 9.59. The summed E-state index contributed by atoms with van der Waals surface area (Å²) < 4.78 is 0. The fraction of sp³-hybridized carbons (Fsp3) is 0.364. The average Bonchev–Trinajstić information content (AvgIpc) is 2.70. The van der Waals surface area contributed by atoms with Crippen LogP contribution in [0, 0.1) is 13.8 Å². The largest absolute Gasteiger partial charge is 0.369 e. The van der Waals surface area contributed by atoms with E-state index < -0.39 is 0 Å². The molecule has 1 fully saturated rings. The summed E-state index contributed by atoms with van der Waals surface area (Å²) in [5, 5.41) is 0.646. The number of anilines is 1. The number of hydrogen-bond donors (Lipinski definition) is 1. The Labute approximate surface area is 159 Å². The summed E-state index contributed by atoms with van der Waals surface area (Å²) >= 11 is 0. The van der Waals surface area contributed by atoms with Crippen LogP contribution in [-0.2, 0) is 0 Å². The van der Waals surface area contributed by atoms with Crippen LogP contribution in [0.1, 0.15) is 29.9 Å². The Bertz CT molecular complexity index is 1020. The van der Waals surface area contributed by atoms with E-state index in [2.05, 4.69) is 53.8 Å². The molecule has 5 heteroatoms. The van der Waals surface area contributed by atoms with Crippen LogP contribution in [-0.4, -0.2) is 41.0 Å². The SMILES string of the molecule is Cc1cccc(N2CCN([C@@H](C)c3nc4ccccc4c(=O)[nH]3)CC2)c1C. The molecule has 3 aromatic rings. The van der Waals surface area contributed by atoms with Crippen molar-refractivity contribution in [1.29, 1.82) is 0 Å². The molecule has 0 spiro atoms. The van der Waals surface area contributed by atoms with E-state index in [-0.39, 0.29) is 11.6 Å². The Morgan fingerprint density at radius 1 is 1.00 bits per heavy atom. The minimum Gasteiger partial charge on any atom is -0.369 e. The molecule has 0 aliphatic carbocycles. The molecule has 27 heavy (non-hydrogen) atoms. The molecule has 2 heterocycles. The number of aromatic nitrogens is 2. The van der Waals surface area contributed by atoms with Crippen molar-refractivity contribution in [1.82, 2.24) is 14.9 Å². The van der Waals surface area contributed by atoms with Gasteiger partial charge in [-0.2, -0.15) is 0 Å².